The summed E-state index contributed by atoms with van der Waals surface area (Å²) < 4.78 is 20.1. The predicted octanol–water partition coefficient (Wildman–Crippen LogP) is 3.00. The van der Waals surface area contributed by atoms with Crippen LogP contribution >= 0.6 is 0 Å². The number of carbonyl (C=O) groups is 1. The number of aromatic nitrogens is 2. The second-order valence-corrected chi connectivity index (χ2v) is 6.76. The van der Waals surface area contributed by atoms with Crippen LogP contribution in [0.15, 0.2) is 48.5 Å². The van der Waals surface area contributed by atoms with Gasteiger partial charge in [-0.05, 0) is 29.8 Å². The van der Waals surface area contributed by atoms with Crippen molar-refractivity contribution in [3.8, 4) is 0 Å². The van der Waals surface area contributed by atoms with Gasteiger partial charge in [0.05, 0.1) is 16.6 Å². The largest absolute Gasteiger partial charge is 0.478 e. The van der Waals surface area contributed by atoms with Crippen molar-refractivity contribution in [3.05, 3.63) is 65.5 Å². The second kappa shape index (κ2) is 7.46. The Bertz CT molecular complexity index is 908. The number of carboxylic acids is 1. The highest BCUT2D eigenvalue weighted by atomic mass is 19.1. The molecule has 1 fully saturated rings. The number of hydrogen-bond acceptors (Lipinski definition) is 4. The third kappa shape index (κ3) is 3.99. The lowest BCUT2D eigenvalue weighted by Gasteiger charge is -2.15. The van der Waals surface area contributed by atoms with Gasteiger partial charge in [-0.1, -0.05) is 24.3 Å². The number of carboxylic acid groups (broad SMARTS) is 1. The van der Waals surface area contributed by atoms with E-state index in [9.17, 15) is 9.18 Å². The normalized spacial score (nSPS) is 20.3. The monoisotopic (exact) mass is 369 g/mol. The fraction of sp³-hybridized carbons (Fsp3) is 0.300. The molecule has 0 bridgehead atoms. The summed E-state index contributed by atoms with van der Waals surface area (Å²) in [6, 6.07) is 14.4. The zero-order valence-electron chi connectivity index (χ0n) is 14.6. The Morgan fingerprint density at radius 2 is 2.00 bits per heavy atom. The van der Waals surface area contributed by atoms with E-state index in [1.807, 2.05) is 29.2 Å². The van der Waals surface area contributed by atoms with Crippen LogP contribution < -0.4 is 0 Å². The van der Waals surface area contributed by atoms with Gasteiger partial charge in [0.15, 0.2) is 0 Å². The van der Waals surface area contributed by atoms with Crippen LogP contribution in [0.3, 0.4) is 0 Å². The number of fused-ring (bicyclic) bond motifs is 1. The van der Waals surface area contributed by atoms with Gasteiger partial charge in [-0.3, -0.25) is 4.90 Å². The number of hydrogen-bond donors (Lipinski definition) is 2. The van der Waals surface area contributed by atoms with E-state index >= 15 is 0 Å². The summed E-state index contributed by atoms with van der Waals surface area (Å²) in [6.45, 7) is 1.58. The molecule has 2 N–H and O–H groups in total. The Labute approximate surface area is 155 Å². The number of benzene rings is 2. The Morgan fingerprint density at radius 1 is 1.22 bits per heavy atom. The smallest absolute Gasteiger partial charge is 0.335 e. The van der Waals surface area contributed by atoms with Crippen molar-refractivity contribution in [1.82, 2.24) is 14.9 Å². The molecule has 3 aromatic rings. The molecular weight excluding hydrogens is 349 g/mol. The van der Waals surface area contributed by atoms with E-state index in [1.54, 1.807) is 24.3 Å². The molecule has 2 unspecified atom stereocenters. The van der Waals surface area contributed by atoms with Crippen molar-refractivity contribution in [2.45, 2.75) is 25.4 Å². The van der Waals surface area contributed by atoms with Gasteiger partial charge < -0.3 is 14.8 Å². The van der Waals surface area contributed by atoms with Gasteiger partial charge in [0.1, 0.15) is 24.7 Å². The molecule has 4 rings (SSSR count). The summed E-state index contributed by atoms with van der Waals surface area (Å²) in [4.78, 5) is 20.5. The molecule has 2 heterocycles. The third-order valence-corrected chi connectivity index (χ3v) is 4.75. The zero-order valence-corrected chi connectivity index (χ0v) is 14.6. The van der Waals surface area contributed by atoms with Crippen molar-refractivity contribution in [2.75, 3.05) is 13.1 Å². The SMILES string of the molecule is O=C(O)c1ccc(CN2CC(F)C(OCc3nc4ccccc4[nH]3)C2)cc1. The lowest BCUT2D eigenvalue weighted by Crippen LogP contribution is -2.24. The number of nitrogens with one attached hydrogen (secondary N) is 1. The number of halogens is 1. The quantitative estimate of drug-likeness (QED) is 0.698. The first-order valence-electron chi connectivity index (χ1n) is 8.82. The van der Waals surface area contributed by atoms with Crippen molar-refractivity contribution in [1.29, 1.82) is 0 Å². The molecule has 7 heteroatoms. The summed E-state index contributed by atoms with van der Waals surface area (Å²) in [7, 11) is 0. The van der Waals surface area contributed by atoms with E-state index in [4.69, 9.17) is 9.84 Å². The van der Waals surface area contributed by atoms with Crippen LogP contribution in [0, 0.1) is 0 Å². The fourth-order valence-electron chi connectivity index (χ4n) is 3.36. The van der Waals surface area contributed by atoms with E-state index in [0.717, 1.165) is 16.6 Å². The fourth-order valence-corrected chi connectivity index (χ4v) is 3.36. The molecule has 0 amide bonds. The number of aromatic amines is 1. The number of imidazole rings is 1. The summed E-state index contributed by atoms with van der Waals surface area (Å²) in [6.07, 6.45) is -1.57. The van der Waals surface area contributed by atoms with Gasteiger partial charge >= 0.3 is 5.97 Å². The number of para-hydroxylation sites is 2. The molecule has 140 valence electrons. The molecule has 6 nitrogen and oxygen atoms in total. The van der Waals surface area contributed by atoms with E-state index in [0.29, 0.717) is 25.5 Å². The first kappa shape index (κ1) is 17.6. The summed E-state index contributed by atoms with van der Waals surface area (Å²) in [5.41, 5.74) is 3.00. The number of alkyl halides is 1. The van der Waals surface area contributed by atoms with Crippen LogP contribution in [-0.2, 0) is 17.9 Å². The van der Waals surface area contributed by atoms with Crippen LogP contribution in [0.25, 0.3) is 11.0 Å². The molecule has 27 heavy (non-hydrogen) atoms. The first-order valence-corrected chi connectivity index (χ1v) is 8.82. The lowest BCUT2D eigenvalue weighted by molar-refractivity contribution is 0.00864. The van der Waals surface area contributed by atoms with Gasteiger partial charge in [0, 0.05) is 19.6 Å². The number of rotatable bonds is 6. The minimum Gasteiger partial charge on any atom is -0.478 e. The van der Waals surface area contributed by atoms with Crippen LogP contribution in [0.5, 0.6) is 0 Å². The third-order valence-electron chi connectivity index (χ3n) is 4.75. The van der Waals surface area contributed by atoms with Gasteiger partial charge in [-0.15, -0.1) is 0 Å². The lowest BCUT2D eigenvalue weighted by atomic mass is 10.1. The van der Waals surface area contributed by atoms with E-state index in [1.165, 1.54) is 0 Å². The van der Waals surface area contributed by atoms with Gasteiger partial charge in [0.25, 0.3) is 0 Å². The molecule has 0 aliphatic carbocycles. The highest BCUT2D eigenvalue weighted by Crippen LogP contribution is 2.21. The number of ether oxygens (including phenoxy) is 1. The Kier molecular flexibility index (Phi) is 4.87. The molecule has 1 aromatic heterocycles. The maximum absolute atomic E-state index is 14.3. The number of H-pyrrole nitrogens is 1. The second-order valence-electron chi connectivity index (χ2n) is 6.76. The molecule has 1 aliphatic heterocycles. The van der Waals surface area contributed by atoms with Crippen LogP contribution in [0.4, 0.5) is 4.39 Å². The molecular formula is C20H20FN3O3. The van der Waals surface area contributed by atoms with Crippen molar-refractivity contribution in [3.63, 3.8) is 0 Å². The minimum atomic E-state index is -1.06. The topological polar surface area (TPSA) is 78.4 Å². The molecule has 2 atom stereocenters. The van der Waals surface area contributed by atoms with Crippen LogP contribution in [-0.4, -0.2) is 51.3 Å². The molecule has 0 radical (unpaired) electrons. The molecule has 1 saturated heterocycles. The van der Waals surface area contributed by atoms with Crippen molar-refractivity contribution >= 4 is 17.0 Å². The maximum atomic E-state index is 14.3. The Hall–Kier alpha value is -2.77. The van der Waals surface area contributed by atoms with Gasteiger partial charge in [-0.2, -0.15) is 0 Å². The van der Waals surface area contributed by atoms with Gasteiger partial charge in [0.2, 0.25) is 0 Å². The zero-order chi connectivity index (χ0) is 18.8. The van der Waals surface area contributed by atoms with Crippen molar-refractivity contribution < 1.29 is 19.0 Å². The van der Waals surface area contributed by atoms with E-state index < -0.39 is 18.2 Å². The standard InChI is InChI=1S/C20H20FN3O3/c21-15-10-24(9-13-5-7-14(8-6-13)20(25)26)11-18(15)27-12-19-22-16-3-1-2-4-17(16)23-19/h1-8,15,18H,9-12H2,(H,22,23)(H,25,26). The van der Waals surface area contributed by atoms with Crippen LogP contribution in [0.1, 0.15) is 21.7 Å². The molecule has 1 aliphatic rings. The van der Waals surface area contributed by atoms with Gasteiger partial charge in [-0.25, -0.2) is 14.2 Å². The maximum Gasteiger partial charge on any atom is 0.335 e. The Morgan fingerprint density at radius 3 is 2.74 bits per heavy atom. The Balaban J connectivity index is 1.33. The molecule has 0 saturated carbocycles. The van der Waals surface area contributed by atoms with E-state index in [2.05, 4.69) is 9.97 Å². The summed E-state index contributed by atoms with van der Waals surface area (Å²) in [5, 5.41) is 8.94. The highest BCUT2D eigenvalue weighted by Gasteiger charge is 2.33. The number of likely N-dealkylation sites (tertiary alicyclic amines) is 1. The molecule has 0 spiro atoms. The highest BCUT2D eigenvalue weighted by molar-refractivity contribution is 5.87. The number of aromatic carboxylic acids is 1. The summed E-state index contributed by atoms with van der Waals surface area (Å²) >= 11 is 0. The number of nitrogens with zero attached hydrogens (tertiary/aromatic N) is 2. The average Bonchev–Trinajstić information content (AvgIpc) is 3.23. The average molecular weight is 369 g/mol. The minimum absolute atomic E-state index is 0.237. The predicted molar refractivity (Wildman–Crippen MR) is 98.2 cm³/mol. The summed E-state index contributed by atoms with van der Waals surface area (Å²) in [5.74, 6) is -0.267. The van der Waals surface area contributed by atoms with Crippen molar-refractivity contribution in [2.24, 2.45) is 0 Å². The first-order chi connectivity index (χ1) is 13.1. The van der Waals surface area contributed by atoms with Crippen LogP contribution in [0.2, 0.25) is 0 Å². The molecule has 2 aromatic carbocycles. The van der Waals surface area contributed by atoms with E-state index in [-0.39, 0.29) is 12.2 Å².